The Morgan fingerprint density at radius 3 is 2.35 bits per heavy atom. The molecule has 0 unspecified atom stereocenters. The predicted octanol–water partition coefficient (Wildman–Crippen LogP) is 2.66. The number of methoxy groups -OCH3 is 1. The molecular formula is C15H15F5N2O4. The van der Waals surface area contributed by atoms with Gasteiger partial charge in [-0.05, 0) is 24.6 Å². The molecule has 0 saturated carbocycles. The molecule has 0 radical (unpaired) electrons. The van der Waals surface area contributed by atoms with Gasteiger partial charge in [0.25, 0.3) is 5.72 Å². The Labute approximate surface area is 144 Å². The van der Waals surface area contributed by atoms with E-state index < -0.39 is 36.9 Å². The minimum atomic E-state index is -5.72. The summed E-state index contributed by atoms with van der Waals surface area (Å²) in [7, 11) is 1.42. The maximum absolute atomic E-state index is 14.0. The minimum Gasteiger partial charge on any atom is -0.497 e. The van der Waals surface area contributed by atoms with Crippen LogP contribution in [0.3, 0.4) is 0 Å². The first-order valence-corrected chi connectivity index (χ1v) is 7.25. The molecule has 1 aliphatic heterocycles. The van der Waals surface area contributed by atoms with Crippen molar-refractivity contribution in [2.75, 3.05) is 7.11 Å². The lowest BCUT2D eigenvalue weighted by molar-refractivity contribution is -0.469. The van der Waals surface area contributed by atoms with Crippen LogP contribution >= 0.6 is 0 Å². The molecule has 0 bridgehead atoms. The number of ether oxygens (including phenoxy) is 2. The average molecular weight is 382 g/mol. The van der Waals surface area contributed by atoms with Crippen molar-refractivity contribution in [3.63, 3.8) is 0 Å². The van der Waals surface area contributed by atoms with Crippen molar-refractivity contribution in [3.05, 3.63) is 29.8 Å². The SMILES string of the molecule is COc1ccc(CC(=O)N2N=C(C)C[C@]2(O)C(F)(F)OC(F)(F)F)cc1. The van der Waals surface area contributed by atoms with E-state index in [4.69, 9.17) is 4.74 Å². The van der Waals surface area contributed by atoms with Crippen molar-refractivity contribution in [2.24, 2.45) is 5.10 Å². The van der Waals surface area contributed by atoms with E-state index in [1.165, 1.54) is 38.3 Å². The van der Waals surface area contributed by atoms with E-state index >= 15 is 0 Å². The first kappa shape index (κ1) is 20.0. The molecule has 1 aromatic carbocycles. The first-order valence-electron chi connectivity index (χ1n) is 7.25. The molecule has 0 aliphatic carbocycles. The van der Waals surface area contributed by atoms with Crippen molar-refractivity contribution < 1.29 is 41.3 Å². The van der Waals surface area contributed by atoms with E-state index in [0.717, 1.165) is 0 Å². The summed E-state index contributed by atoms with van der Waals surface area (Å²) in [6, 6.07) is 5.95. The van der Waals surface area contributed by atoms with Gasteiger partial charge in [0, 0.05) is 12.1 Å². The molecule has 1 aromatic rings. The molecule has 0 fully saturated rings. The van der Waals surface area contributed by atoms with E-state index in [0.29, 0.717) is 11.3 Å². The Balaban J connectivity index is 2.25. The lowest BCUT2D eigenvalue weighted by Gasteiger charge is -2.36. The number of halogens is 5. The molecule has 0 spiro atoms. The third-order valence-electron chi connectivity index (χ3n) is 3.58. The fourth-order valence-corrected chi connectivity index (χ4v) is 2.43. The van der Waals surface area contributed by atoms with Gasteiger partial charge in [-0.1, -0.05) is 12.1 Å². The highest BCUT2D eigenvalue weighted by atomic mass is 19.4. The second-order valence-electron chi connectivity index (χ2n) is 5.62. The molecule has 26 heavy (non-hydrogen) atoms. The highest BCUT2D eigenvalue weighted by Gasteiger charge is 2.66. The van der Waals surface area contributed by atoms with E-state index in [1.54, 1.807) is 0 Å². The van der Waals surface area contributed by atoms with Crippen LogP contribution in [0.2, 0.25) is 0 Å². The summed E-state index contributed by atoms with van der Waals surface area (Å²) >= 11 is 0. The van der Waals surface area contributed by atoms with Gasteiger partial charge in [-0.2, -0.15) is 18.9 Å². The number of hydrogen-bond acceptors (Lipinski definition) is 5. The van der Waals surface area contributed by atoms with Crippen LogP contribution in [0.25, 0.3) is 0 Å². The van der Waals surface area contributed by atoms with Crippen LogP contribution in [0.1, 0.15) is 18.9 Å². The number of hydrazone groups is 1. The molecule has 1 atom stereocenters. The summed E-state index contributed by atoms with van der Waals surface area (Å²) in [6.45, 7) is 1.19. The number of rotatable bonds is 5. The normalized spacial score (nSPS) is 20.9. The second-order valence-corrected chi connectivity index (χ2v) is 5.62. The molecule has 0 aromatic heterocycles. The Bertz CT molecular complexity index is 705. The molecular weight excluding hydrogens is 367 g/mol. The zero-order valence-electron chi connectivity index (χ0n) is 13.7. The first-order chi connectivity index (χ1) is 11.9. The third-order valence-corrected chi connectivity index (χ3v) is 3.58. The zero-order chi connectivity index (χ0) is 19.8. The van der Waals surface area contributed by atoms with E-state index in [-0.39, 0.29) is 10.7 Å². The quantitative estimate of drug-likeness (QED) is 0.795. The number of hydrogen-bond donors (Lipinski definition) is 1. The number of benzene rings is 1. The Morgan fingerprint density at radius 2 is 1.85 bits per heavy atom. The maximum Gasteiger partial charge on any atom is 0.527 e. The van der Waals surface area contributed by atoms with Crippen molar-refractivity contribution in [2.45, 2.75) is 38.0 Å². The standard InChI is InChI=1S/C15H15F5N2O4/c1-9-8-13(24,14(16,17)26-15(18,19)20)22(21-9)12(23)7-10-3-5-11(25-2)6-4-10/h3-6,24H,7-8H2,1-2H3/t13-/m0/s1. The van der Waals surface area contributed by atoms with Crippen molar-refractivity contribution in [1.82, 2.24) is 5.01 Å². The average Bonchev–Trinajstić information content (AvgIpc) is 2.82. The Hall–Kier alpha value is -2.27. The van der Waals surface area contributed by atoms with Gasteiger partial charge in [0.1, 0.15) is 5.75 Å². The van der Waals surface area contributed by atoms with Crippen LogP contribution in [-0.4, -0.2) is 47.0 Å². The summed E-state index contributed by atoms with van der Waals surface area (Å²) in [5.41, 5.74) is -3.38. The Morgan fingerprint density at radius 1 is 1.27 bits per heavy atom. The summed E-state index contributed by atoms with van der Waals surface area (Å²) in [4.78, 5) is 12.3. The van der Waals surface area contributed by atoms with Crippen molar-refractivity contribution in [3.8, 4) is 5.75 Å². The fourth-order valence-electron chi connectivity index (χ4n) is 2.43. The molecule has 1 amide bonds. The van der Waals surface area contributed by atoms with Crippen LogP contribution in [0, 0.1) is 0 Å². The number of nitrogens with zero attached hydrogens (tertiary/aromatic N) is 2. The van der Waals surface area contributed by atoms with Gasteiger partial charge < -0.3 is 9.84 Å². The molecule has 2 rings (SSSR count). The van der Waals surface area contributed by atoms with Gasteiger partial charge in [-0.25, -0.2) is 4.74 Å². The van der Waals surface area contributed by atoms with Gasteiger partial charge in [-0.3, -0.25) is 4.79 Å². The van der Waals surface area contributed by atoms with Gasteiger partial charge in [-0.15, -0.1) is 13.2 Å². The highest BCUT2D eigenvalue weighted by Crippen LogP contribution is 2.43. The summed E-state index contributed by atoms with van der Waals surface area (Å²) in [5.74, 6) is -0.641. The summed E-state index contributed by atoms with van der Waals surface area (Å²) in [5, 5.41) is 13.5. The number of alkyl halides is 5. The second kappa shape index (κ2) is 6.80. The molecule has 1 heterocycles. The number of carbonyl (C=O) groups is 1. The smallest absolute Gasteiger partial charge is 0.497 e. The lowest BCUT2D eigenvalue weighted by Crippen LogP contribution is -2.61. The van der Waals surface area contributed by atoms with Crippen molar-refractivity contribution >= 4 is 11.6 Å². The highest BCUT2D eigenvalue weighted by molar-refractivity contribution is 5.89. The minimum absolute atomic E-state index is 0.0572. The lowest BCUT2D eigenvalue weighted by atomic mass is 10.1. The van der Waals surface area contributed by atoms with Gasteiger partial charge in [0.2, 0.25) is 5.91 Å². The number of aliphatic hydroxyl groups is 1. The third kappa shape index (κ3) is 4.10. The van der Waals surface area contributed by atoms with Crippen molar-refractivity contribution in [1.29, 1.82) is 0 Å². The van der Waals surface area contributed by atoms with E-state index in [9.17, 15) is 31.9 Å². The molecule has 6 nitrogen and oxygen atoms in total. The molecule has 0 saturated heterocycles. The van der Waals surface area contributed by atoms with Crippen LogP contribution in [0.5, 0.6) is 5.75 Å². The van der Waals surface area contributed by atoms with Gasteiger partial charge in [0.05, 0.1) is 13.5 Å². The zero-order valence-corrected chi connectivity index (χ0v) is 13.7. The van der Waals surface area contributed by atoms with Crippen LogP contribution in [0.15, 0.2) is 29.4 Å². The molecule has 11 heteroatoms. The van der Waals surface area contributed by atoms with Crippen LogP contribution < -0.4 is 4.74 Å². The molecule has 1 aliphatic rings. The summed E-state index contributed by atoms with van der Waals surface area (Å²) < 4.78 is 72.4. The van der Waals surface area contributed by atoms with Crippen LogP contribution in [0.4, 0.5) is 22.0 Å². The number of amides is 1. The van der Waals surface area contributed by atoms with Gasteiger partial charge >= 0.3 is 12.5 Å². The Kier molecular flexibility index (Phi) is 5.24. The van der Waals surface area contributed by atoms with E-state index in [2.05, 4.69) is 9.84 Å². The largest absolute Gasteiger partial charge is 0.527 e. The monoisotopic (exact) mass is 382 g/mol. The summed E-state index contributed by atoms with van der Waals surface area (Å²) in [6.07, 6.45) is -12.3. The van der Waals surface area contributed by atoms with Gasteiger partial charge in [0.15, 0.2) is 0 Å². The number of carbonyl (C=O) groups excluding carboxylic acids is 1. The van der Waals surface area contributed by atoms with E-state index in [1.807, 2.05) is 0 Å². The van der Waals surface area contributed by atoms with Crippen LogP contribution in [-0.2, 0) is 16.0 Å². The topological polar surface area (TPSA) is 71.4 Å². The molecule has 144 valence electrons. The maximum atomic E-state index is 14.0. The predicted molar refractivity (Wildman–Crippen MR) is 78.3 cm³/mol. The fraction of sp³-hybridized carbons (Fsp3) is 0.467. The molecule has 1 N–H and O–H groups in total.